The molecule has 1 fully saturated rings. The first-order valence-corrected chi connectivity index (χ1v) is 9.82. The topological polar surface area (TPSA) is 58.1 Å². The van der Waals surface area contributed by atoms with Crippen LogP contribution in [-0.2, 0) is 4.79 Å². The molecule has 1 saturated heterocycles. The smallest absolute Gasteiger partial charge is 0.235 e. The number of hydrogen-bond acceptors (Lipinski definition) is 6. The summed E-state index contributed by atoms with van der Waals surface area (Å²) >= 11 is 3.05. The van der Waals surface area contributed by atoms with E-state index >= 15 is 0 Å². The van der Waals surface area contributed by atoms with Crippen LogP contribution in [0.1, 0.15) is 46.5 Å². The molecule has 1 aliphatic heterocycles. The monoisotopic (exact) mass is 342 g/mol. The second-order valence-electron chi connectivity index (χ2n) is 5.92. The van der Waals surface area contributed by atoms with E-state index in [2.05, 4.69) is 29.4 Å². The third-order valence-corrected chi connectivity index (χ3v) is 5.99. The zero-order chi connectivity index (χ0) is 15.9. The van der Waals surface area contributed by atoms with Crippen LogP contribution in [0.5, 0.6) is 0 Å². The molecule has 1 aromatic rings. The second-order valence-corrected chi connectivity index (χ2v) is 8.49. The highest BCUT2D eigenvalue weighted by molar-refractivity contribution is 8.02. The molecular weight excluding hydrogens is 316 g/mol. The van der Waals surface area contributed by atoms with E-state index in [1.165, 1.54) is 23.1 Å². The van der Waals surface area contributed by atoms with Gasteiger partial charge in [0.25, 0.3) is 0 Å². The van der Waals surface area contributed by atoms with E-state index in [0.29, 0.717) is 0 Å². The van der Waals surface area contributed by atoms with Gasteiger partial charge in [-0.3, -0.25) is 4.79 Å². The average molecular weight is 343 g/mol. The van der Waals surface area contributed by atoms with Gasteiger partial charge in [0.15, 0.2) is 4.34 Å². The predicted molar refractivity (Wildman–Crippen MR) is 93.6 cm³/mol. The summed E-state index contributed by atoms with van der Waals surface area (Å²) in [5, 5.41) is 12.3. The van der Waals surface area contributed by atoms with E-state index in [0.717, 1.165) is 60.7 Å². The Morgan fingerprint density at radius 3 is 2.86 bits per heavy atom. The summed E-state index contributed by atoms with van der Waals surface area (Å²) in [4.78, 5) is 14.5. The first-order valence-electron chi connectivity index (χ1n) is 8.13. The number of piperidine rings is 1. The Kier molecular flexibility index (Phi) is 6.95. The lowest BCUT2D eigenvalue weighted by molar-refractivity contribution is -0.131. The summed E-state index contributed by atoms with van der Waals surface area (Å²) in [5.41, 5.74) is 0. The van der Waals surface area contributed by atoms with Crippen molar-refractivity contribution < 1.29 is 4.79 Å². The van der Waals surface area contributed by atoms with E-state index in [-0.39, 0.29) is 11.2 Å². The molecule has 1 N–H and O–H groups in total. The Balaban J connectivity index is 1.80. The number of nitrogens with zero attached hydrogens (tertiary/aromatic N) is 3. The van der Waals surface area contributed by atoms with Crippen LogP contribution in [-0.4, -0.2) is 45.9 Å². The van der Waals surface area contributed by atoms with E-state index < -0.39 is 0 Å². The van der Waals surface area contributed by atoms with Gasteiger partial charge in [0, 0.05) is 19.6 Å². The minimum Gasteiger partial charge on any atom is -0.360 e. The molecule has 1 amide bonds. The van der Waals surface area contributed by atoms with Gasteiger partial charge in [-0.05, 0) is 32.1 Å². The van der Waals surface area contributed by atoms with Gasteiger partial charge >= 0.3 is 0 Å². The molecule has 5 nitrogen and oxygen atoms in total. The lowest BCUT2D eigenvalue weighted by Crippen LogP contribution is -2.41. The van der Waals surface area contributed by atoms with Crippen LogP contribution < -0.4 is 5.32 Å². The molecular formula is C15H26N4OS2. The predicted octanol–water partition coefficient (Wildman–Crippen LogP) is 3.49. The standard InChI is InChI=1S/C15H26N4OS2/c1-4-5-8-16-14-17-18-15(22-14)21-12(3)13(20)19-9-6-11(2)7-10-19/h11-12H,4-10H2,1-3H3,(H,16,17). The first-order chi connectivity index (χ1) is 10.6. The molecule has 1 atom stereocenters. The Morgan fingerprint density at radius 2 is 2.18 bits per heavy atom. The van der Waals surface area contributed by atoms with Crippen LogP contribution >= 0.6 is 23.1 Å². The van der Waals surface area contributed by atoms with Crippen molar-refractivity contribution in [2.45, 2.75) is 56.0 Å². The zero-order valence-corrected chi connectivity index (χ0v) is 15.3. The number of amides is 1. The Morgan fingerprint density at radius 1 is 1.45 bits per heavy atom. The molecule has 0 aromatic carbocycles. The molecule has 1 unspecified atom stereocenters. The molecule has 2 heterocycles. The van der Waals surface area contributed by atoms with Crippen molar-refractivity contribution in [1.82, 2.24) is 15.1 Å². The summed E-state index contributed by atoms with van der Waals surface area (Å²) in [6.07, 6.45) is 4.53. The van der Waals surface area contributed by atoms with Gasteiger partial charge in [-0.15, -0.1) is 10.2 Å². The van der Waals surface area contributed by atoms with Crippen LogP contribution in [0.2, 0.25) is 0 Å². The number of nitrogens with one attached hydrogen (secondary N) is 1. The number of carbonyl (C=O) groups is 1. The van der Waals surface area contributed by atoms with E-state index in [4.69, 9.17) is 0 Å². The van der Waals surface area contributed by atoms with Crippen LogP contribution in [0, 0.1) is 5.92 Å². The number of carbonyl (C=O) groups excluding carboxylic acids is 1. The quantitative estimate of drug-likeness (QED) is 0.607. The van der Waals surface area contributed by atoms with Crippen molar-refractivity contribution in [2.24, 2.45) is 5.92 Å². The van der Waals surface area contributed by atoms with E-state index in [1.54, 1.807) is 0 Å². The van der Waals surface area contributed by atoms with Gasteiger partial charge in [-0.1, -0.05) is 43.4 Å². The van der Waals surface area contributed by atoms with Gasteiger partial charge in [0.05, 0.1) is 5.25 Å². The number of aromatic nitrogens is 2. The van der Waals surface area contributed by atoms with E-state index in [1.807, 2.05) is 11.8 Å². The van der Waals surface area contributed by atoms with Crippen molar-refractivity contribution in [1.29, 1.82) is 0 Å². The van der Waals surface area contributed by atoms with Crippen LogP contribution in [0.25, 0.3) is 0 Å². The summed E-state index contributed by atoms with van der Waals surface area (Å²) in [7, 11) is 0. The summed E-state index contributed by atoms with van der Waals surface area (Å²) in [6, 6.07) is 0. The molecule has 0 aliphatic carbocycles. The maximum absolute atomic E-state index is 12.5. The maximum Gasteiger partial charge on any atom is 0.235 e. The maximum atomic E-state index is 12.5. The average Bonchev–Trinajstić information content (AvgIpc) is 2.95. The molecule has 1 aliphatic rings. The number of thioether (sulfide) groups is 1. The highest BCUT2D eigenvalue weighted by Gasteiger charge is 2.25. The Hall–Kier alpha value is -0.820. The highest BCUT2D eigenvalue weighted by atomic mass is 32.2. The fraction of sp³-hybridized carbons (Fsp3) is 0.800. The second kappa shape index (κ2) is 8.72. The summed E-state index contributed by atoms with van der Waals surface area (Å²) < 4.78 is 0.866. The first kappa shape index (κ1) is 17.5. The van der Waals surface area contributed by atoms with Crippen molar-refractivity contribution >= 4 is 34.1 Å². The van der Waals surface area contributed by atoms with Crippen LogP contribution in [0.15, 0.2) is 4.34 Å². The van der Waals surface area contributed by atoms with E-state index in [9.17, 15) is 4.79 Å². The molecule has 0 spiro atoms. The Bertz CT molecular complexity index is 472. The summed E-state index contributed by atoms with van der Waals surface area (Å²) in [5.74, 6) is 0.972. The van der Waals surface area contributed by atoms with Crippen molar-refractivity contribution in [3.63, 3.8) is 0 Å². The molecule has 0 radical (unpaired) electrons. The van der Waals surface area contributed by atoms with Gasteiger partial charge < -0.3 is 10.2 Å². The van der Waals surface area contributed by atoms with Crippen molar-refractivity contribution in [2.75, 3.05) is 25.0 Å². The largest absolute Gasteiger partial charge is 0.360 e. The summed E-state index contributed by atoms with van der Waals surface area (Å²) in [6.45, 7) is 9.11. The Labute approximate surface area is 141 Å². The van der Waals surface area contributed by atoms with Crippen molar-refractivity contribution in [3.05, 3.63) is 0 Å². The minimum absolute atomic E-state index is 0.0927. The van der Waals surface area contributed by atoms with Gasteiger partial charge in [0.1, 0.15) is 0 Å². The number of rotatable bonds is 7. The van der Waals surface area contributed by atoms with Crippen LogP contribution in [0.4, 0.5) is 5.13 Å². The van der Waals surface area contributed by atoms with Crippen LogP contribution in [0.3, 0.4) is 0 Å². The number of unbranched alkanes of at least 4 members (excludes halogenated alkanes) is 1. The van der Waals surface area contributed by atoms with Gasteiger partial charge in [-0.2, -0.15) is 0 Å². The SMILES string of the molecule is CCCCNc1nnc(SC(C)C(=O)N2CCC(C)CC2)s1. The molecule has 0 saturated carbocycles. The molecule has 0 bridgehead atoms. The van der Waals surface area contributed by atoms with Crippen molar-refractivity contribution in [3.8, 4) is 0 Å². The fourth-order valence-electron chi connectivity index (χ4n) is 2.39. The highest BCUT2D eigenvalue weighted by Crippen LogP contribution is 2.30. The number of anilines is 1. The molecule has 22 heavy (non-hydrogen) atoms. The molecule has 124 valence electrons. The molecule has 2 rings (SSSR count). The van der Waals surface area contributed by atoms with Gasteiger partial charge in [-0.25, -0.2) is 0 Å². The third kappa shape index (κ3) is 5.12. The number of likely N-dealkylation sites (tertiary alicyclic amines) is 1. The lowest BCUT2D eigenvalue weighted by Gasteiger charge is -2.31. The lowest BCUT2D eigenvalue weighted by atomic mass is 9.99. The minimum atomic E-state index is -0.0927. The molecule has 1 aromatic heterocycles. The molecule has 7 heteroatoms. The fourth-order valence-corrected chi connectivity index (χ4v) is 4.39. The normalized spacial score (nSPS) is 17.5. The van der Waals surface area contributed by atoms with Gasteiger partial charge in [0.2, 0.25) is 11.0 Å². The third-order valence-electron chi connectivity index (χ3n) is 3.93. The zero-order valence-electron chi connectivity index (χ0n) is 13.7. The number of hydrogen-bond donors (Lipinski definition) is 1.